The van der Waals surface area contributed by atoms with E-state index in [2.05, 4.69) is 5.16 Å². The van der Waals surface area contributed by atoms with Gasteiger partial charge in [0.1, 0.15) is 17.0 Å². The summed E-state index contributed by atoms with van der Waals surface area (Å²) < 4.78 is 20.6. The molecule has 0 saturated heterocycles. The molecule has 1 aromatic heterocycles. The number of nitrogens with zero attached hydrogens (tertiary/aromatic N) is 1. The average Bonchev–Trinajstić information content (AvgIpc) is 2.88. The second-order valence-electron chi connectivity index (χ2n) is 4.25. The van der Waals surface area contributed by atoms with Gasteiger partial charge in [-0.1, -0.05) is 5.16 Å². The van der Waals surface area contributed by atoms with Crippen molar-refractivity contribution in [3.05, 3.63) is 29.5 Å². The van der Waals surface area contributed by atoms with E-state index in [1.54, 1.807) is 32.2 Å². The first-order valence-corrected chi connectivity index (χ1v) is 6.48. The Hall–Kier alpha value is -2.50. The highest BCUT2D eigenvalue weighted by Gasteiger charge is 2.23. The van der Waals surface area contributed by atoms with Gasteiger partial charge in [0.2, 0.25) is 0 Å². The summed E-state index contributed by atoms with van der Waals surface area (Å²) in [5.41, 5.74) is 1.42. The van der Waals surface area contributed by atoms with Crippen molar-refractivity contribution in [2.45, 2.75) is 13.8 Å². The molecule has 2 rings (SSSR count). The van der Waals surface area contributed by atoms with Gasteiger partial charge in [-0.05, 0) is 32.0 Å². The van der Waals surface area contributed by atoms with Gasteiger partial charge in [0.25, 0.3) is 0 Å². The molecular formula is C15H17NO5. The topological polar surface area (TPSA) is 70.8 Å². The van der Waals surface area contributed by atoms with Gasteiger partial charge >= 0.3 is 5.97 Å². The molecule has 21 heavy (non-hydrogen) atoms. The Labute approximate surface area is 122 Å². The smallest absolute Gasteiger partial charge is 0.343 e. The van der Waals surface area contributed by atoms with Crippen molar-refractivity contribution in [2.24, 2.45) is 0 Å². The molecule has 1 aromatic carbocycles. The quantitative estimate of drug-likeness (QED) is 0.789. The molecule has 1 heterocycles. The molecule has 0 aliphatic carbocycles. The van der Waals surface area contributed by atoms with Crippen molar-refractivity contribution in [1.82, 2.24) is 5.16 Å². The second kappa shape index (κ2) is 6.30. The van der Waals surface area contributed by atoms with E-state index < -0.39 is 5.97 Å². The maximum absolute atomic E-state index is 11.8. The second-order valence-corrected chi connectivity index (χ2v) is 4.25. The molecule has 0 bridgehead atoms. The minimum absolute atomic E-state index is 0.310. The molecule has 6 nitrogen and oxygen atoms in total. The van der Waals surface area contributed by atoms with Crippen molar-refractivity contribution < 1.29 is 23.5 Å². The van der Waals surface area contributed by atoms with Crippen LogP contribution in [-0.4, -0.2) is 32.0 Å². The Morgan fingerprint density at radius 2 is 2.05 bits per heavy atom. The molecular weight excluding hydrogens is 274 g/mol. The summed E-state index contributed by atoms with van der Waals surface area (Å²) in [6, 6.07) is 5.29. The first-order chi connectivity index (χ1) is 10.1. The fourth-order valence-electron chi connectivity index (χ4n) is 2.00. The normalized spacial score (nSPS) is 10.3. The first kappa shape index (κ1) is 14.9. The molecule has 0 aliphatic rings. The molecule has 0 amide bonds. The van der Waals surface area contributed by atoms with Gasteiger partial charge in [0.15, 0.2) is 11.5 Å². The molecule has 0 radical (unpaired) electrons. The molecule has 0 unspecified atom stereocenters. The molecule has 0 spiro atoms. The molecule has 0 aliphatic heterocycles. The number of ether oxygens (including phenoxy) is 3. The maximum atomic E-state index is 11.8. The van der Waals surface area contributed by atoms with Crippen molar-refractivity contribution in [2.75, 3.05) is 20.8 Å². The van der Waals surface area contributed by atoms with Gasteiger partial charge in [-0.2, -0.15) is 0 Å². The molecule has 0 N–H and O–H groups in total. The summed E-state index contributed by atoms with van der Waals surface area (Å²) in [6.45, 7) is 4.05. The van der Waals surface area contributed by atoms with Gasteiger partial charge in [0, 0.05) is 5.56 Å². The van der Waals surface area contributed by atoms with Crippen LogP contribution in [0.4, 0.5) is 0 Å². The average molecular weight is 291 g/mol. The number of hydrogen-bond donors (Lipinski definition) is 0. The monoisotopic (exact) mass is 291 g/mol. The highest BCUT2D eigenvalue weighted by molar-refractivity contribution is 5.97. The van der Waals surface area contributed by atoms with Gasteiger partial charge < -0.3 is 18.7 Å². The van der Waals surface area contributed by atoms with E-state index in [1.807, 2.05) is 6.92 Å². The summed E-state index contributed by atoms with van der Waals surface area (Å²) in [4.78, 5) is 11.8. The summed E-state index contributed by atoms with van der Waals surface area (Å²) in [6.07, 6.45) is 0. The lowest BCUT2D eigenvalue weighted by atomic mass is 10.1. The van der Waals surface area contributed by atoms with E-state index >= 15 is 0 Å². The lowest BCUT2D eigenvalue weighted by molar-refractivity contribution is 0.0599. The Morgan fingerprint density at radius 1 is 1.29 bits per heavy atom. The van der Waals surface area contributed by atoms with Crippen LogP contribution in [0.15, 0.2) is 22.7 Å². The number of benzene rings is 1. The Bertz CT molecular complexity index is 648. The first-order valence-electron chi connectivity index (χ1n) is 6.48. The van der Waals surface area contributed by atoms with Crippen LogP contribution in [0.25, 0.3) is 11.3 Å². The number of rotatable bonds is 5. The number of aromatic nitrogens is 1. The number of hydrogen-bond acceptors (Lipinski definition) is 6. The van der Waals surface area contributed by atoms with E-state index in [-0.39, 0.29) is 0 Å². The van der Waals surface area contributed by atoms with Gasteiger partial charge in [-0.15, -0.1) is 0 Å². The molecule has 2 aromatic rings. The summed E-state index contributed by atoms with van der Waals surface area (Å²) >= 11 is 0. The van der Waals surface area contributed by atoms with E-state index in [0.717, 1.165) is 0 Å². The van der Waals surface area contributed by atoms with Gasteiger partial charge in [-0.25, -0.2) is 4.79 Å². The van der Waals surface area contributed by atoms with Crippen LogP contribution in [0.5, 0.6) is 11.5 Å². The highest BCUT2D eigenvalue weighted by atomic mass is 16.5. The molecule has 0 saturated carbocycles. The fraction of sp³-hybridized carbons (Fsp3) is 0.333. The largest absolute Gasteiger partial charge is 0.493 e. The minimum atomic E-state index is -0.488. The Morgan fingerprint density at radius 3 is 2.67 bits per heavy atom. The number of aryl methyl sites for hydroxylation is 1. The zero-order valence-electron chi connectivity index (χ0n) is 12.4. The lowest BCUT2D eigenvalue weighted by Crippen LogP contribution is -2.04. The predicted octanol–water partition coefficient (Wildman–Crippen LogP) is 2.84. The summed E-state index contributed by atoms with van der Waals surface area (Å²) in [5, 5.41) is 3.94. The van der Waals surface area contributed by atoms with Gasteiger partial charge in [-0.3, -0.25) is 0 Å². The number of methoxy groups -OCH3 is 2. The highest BCUT2D eigenvalue weighted by Crippen LogP contribution is 2.34. The predicted molar refractivity (Wildman–Crippen MR) is 75.7 cm³/mol. The summed E-state index contributed by atoms with van der Waals surface area (Å²) in [5.74, 6) is 1.11. The number of carbonyl (C=O) groups excluding carboxylic acids is 1. The third-order valence-electron chi connectivity index (χ3n) is 2.99. The van der Waals surface area contributed by atoms with Crippen LogP contribution >= 0.6 is 0 Å². The molecule has 0 atom stereocenters. The molecule has 0 fully saturated rings. The third kappa shape index (κ3) is 2.84. The Balaban J connectivity index is 2.52. The van der Waals surface area contributed by atoms with Crippen LogP contribution in [0, 0.1) is 6.92 Å². The molecule has 112 valence electrons. The number of esters is 1. The van der Waals surface area contributed by atoms with E-state index in [4.69, 9.17) is 18.7 Å². The third-order valence-corrected chi connectivity index (χ3v) is 2.99. The standard InChI is InChI=1S/C15H17NO5/c1-5-20-12-8-10(6-7-11(12)18-3)14-13(15(17)19-4)9(2)21-16-14/h6-8H,5H2,1-4H3. The van der Waals surface area contributed by atoms with Crippen molar-refractivity contribution in [3.8, 4) is 22.8 Å². The van der Waals surface area contributed by atoms with Crippen LogP contribution < -0.4 is 9.47 Å². The SMILES string of the molecule is CCOc1cc(-c2noc(C)c2C(=O)OC)ccc1OC. The zero-order chi connectivity index (χ0) is 15.4. The molecule has 6 heteroatoms. The lowest BCUT2D eigenvalue weighted by Gasteiger charge is -2.10. The fourth-order valence-corrected chi connectivity index (χ4v) is 2.00. The van der Waals surface area contributed by atoms with E-state index in [1.165, 1.54) is 7.11 Å². The van der Waals surface area contributed by atoms with Crippen molar-refractivity contribution in [1.29, 1.82) is 0 Å². The van der Waals surface area contributed by atoms with Crippen LogP contribution in [-0.2, 0) is 4.74 Å². The van der Waals surface area contributed by atoms with Crippen LogP contribution in [0.2, 0.25) is 0 Å². The number of carbonyl (C=O) groups is 1. The Kier molecular flexibility index (Phi) is 4.47. The van der Waals surface area contributed by atoms with Gasteiger partial charge in [0.05, 0.1) is 20.8 Å². The minimum Gasteiger partial charge on any atom is -0.493 e. The van der Waals surface area contributed by atoms with Crippen LogP contribution in [0.3, 0.4) is 0 Å². The van der Waals surface area contributed by atoms with Crippen molar-refractivity contribution in [3.63, 3.8) is 0 Å². The van der Waals surface area contributed by atoms with Crippen molar-refractivity contribution >= 4 is 5.97 Å². The van der Waals surface area contributed by atoms with Crippen LogP contribution in [0.1, 0.15) is 23.0 Å². The maximum Gasteiger partial charge on any atom is 0.343 e. The van der Waals surface area contributed by atoms with E-state index in [9.17, 15) is 4.79 Å². The zero-order valence-corrected chi connectivity index (χ0v) is 12.4. The summed E-state index contributed by atoms with van der Waals surface area (Å²) in [7, 11) is 2.88. The van der Waals surface area contributed by atoms with E-state index in [0.29, 0.717) is 40.7 Å².